The summed E-state index contributed by atoms with van der Waals surface area (Å²) in [5, 5.41) is 2.80. The van der Waals surface area contributed by atoms with Crippen molar-refractivity contribution in [2.75, 3.05) is 32.1 Å². The minimum Gasteiger partial charge on any atom is -0.466 e. The van der Waals surface area contributed by atoms with Crippen LogP contribution in [0.1, 0.15) is 35.7 Å². The highest BCUT2D eigenvalue weighted by atomic mass is 16.5. The Kier molecular flexibility index (Phi) is 7.28. The number of piperidine rings is 1. The molecule has 1 unspecified atom stereocenters. The number of amides is 2. The number of hydrogen-bond acceptors (Lipinski definition) is 5. The lowest BCUT2D eigenvalue weighted by Crippen LogP contribution is -2.52. The molecule has 7 nitrogen and oxygen atoms in total. The Balaban J connectivity index is 1.81. The second kappa shape index (κ2) is 10.1. The maximum atomic E-state index is 13.1. The van der Waals surface area contributed by atoms with E-state index in [2.05, 4.69) is 5.32 Å². The van der Waals surface area contributed by atoms with Crippen LogP contribution in [0.5, 0.6) is 0 Å². The molecule has 1 fully saturated rings. The van der Waals surface area contributed by atoms with E-state index < -0.39 is 11.4 Å². The van der Waals surface area contributed by atoms with Crippen molar-refractivity contribution >= 4 is 23.7 Å². The molecule has 7 heteroatoms. The van der Waals surface area contributed by atoms with Gasteiger partial charge in [-0.3, -0.25) is 4.79 Å². The van der Waals surface area contributed by atoms with E-state index in [1.807, 2.05) is 30.3 Å². The van der Waals surface area contributed by atoms with Crippen molar-refractivity contribution in [1.82, 2.24) is 4.90 Å². The molecule has 31 heavy (non-hydrogen) atoms. The quantitative estimate of drug-likeness (QED) is 0.711. The molecule has 2 amide bonds. The number of urea groups is 1. The molecule has 1 atom stereocenters. The van der Waals surface area contributed by atoms with Crippen molar-refractivity contribution in [2.45, 2.75) is 26.2 Å². The number of benzene rings is 2. The number of carbonyl (C=O) groups excluding carboxylic acids is 3. The largest absolute Gasteiger partial charge is 0.466 e. The summed E-state index contributed by atoms with van der Waals surface area (Å²) in [7, 11) is 1.29. The molecule has 0 radical (unpaired) electrons. The zero-order chi connectivity index (χ0) is 22.3. The molecule has 2 aromatic carbocycles. The lowest BCUT2D eigenvalue weighted by atomic mass is 9.75. The van der Waals surface area contributed by atoms with Gasteiger partial charge < -0.3 is 19.7 Å². The number of ether oxygens (including phenoxy) is 2. The Morgan fingerprint density at radius 2 is 1.77 bits per heavy atom. The smallest absolute Gasteiger partial charge is 0.339 e. The fraction of sp³-hybridized carbons (Fsp3) is 0.375. The van der Waals surface area contributed by atoms with Gasteiger partial charge in [0.1, 0.15) is 0 Å². The Bertz CT molecular complexity index is 931. The fourth-order valence-electron chi connectivity index (χ4n) is 4.03. The van der Waals surface area contributed by atoms with Crippen LogP contribution in [0, 0.1) is 5.41 Å². The fourth-order valence-corrected chi connectivity index (χ4v) is 4.03. The lowest BCUT2D eigenvalue weighted by molar-refractivity contribution is -0.158. The predicted octanol–water partition coefficient (Wildman–Crippen LogP) is 3.89. The number of likely N-dealkylation sites (tertiary alicyclic amines) is 1. The van der Waals surface area contributed by atoms with Crippen molar-refractivity contribution in [3.05, 3.63) is 65.7 Å². The molecule has 1 N–H and O–H groups in total. The van der Waals surface area contributed by atoms with Gasteiger partial charge in [-0.15, -0.1) is 0 Å². The van der Waals surface area contributed by atoms with Gasteiger partial charge in [-0.25, -0.2) is 9.59 Å². The van der Waals surface area contributed by atoms with Crippen LogP contribution >= 0.6 is 0 Å². The molecule has 1 aliphatic heterocycles. The van der Waals surface area contributed by atoms with Gasteiger partial charge in [0, 0.05) is 13.1 Å². The summed E-state index contributed by atoms with van der Waals surface area (Å²) in [5.74, 6) is -0.814. The standard InChI is InChI=1S/C24H28N2O5/c1-3-31-22(28)24(16-18-10-5-4-6-11-18)14-9-15-26(17-24)23(29)25-20-13-8-7-12-19(20)21(27)30-2/h4-8,10-13H,3,9,14-17H2,1-2H3,(H,25,29). The van der Waals surface area contributed by atoms with Gasteiger partial charge in [0.15, 0.2) is 0 Å². The number of para-hydroxylation sites is 1. The van der Waals surface area contributed by atoms with E-state index in [1.54, 1.807) is 36.1 Å². The first-order valence-electron chi connectivity index (χ1n) is 10.4. The van der Waals surface area contributed by atoms with E-state index in [9.17, 15) is 14.4 Å². The highest BCUT2D eigenvalue weighted by molar-refractivity contribution is 6.00. The summed E-state index contributed by atoms with van der Waals surface area (Å²) in [6, 6.07) is 16.1. The van der Waals surface area contributed by atoms with Crippen LogP contribution in [-0.4, -0.2) is 49.7 Å². The van der Waals surface area contributed by atoms with Crippen molar-refractivity contribution < 1.29 is 23.9 Å². The summed E-state index contributed by atoms with van der Waals surface area (Å²) in [6.07, 6.45) is 1.82. The first-order valence-corrected chi connectivity index (χ1v) is 10.4. The average Bonchev–Trinajstić information content (AvgIpc) is 2.80. The Morgan fingerprint density at radius 1 is 1.06 bits per heavy atom. The van der Waals surface area contributed by atoms with Crippen molar-refractivity contribution in [2.24, 2.45) is 5.41 Å². The van der Waals surface area contributed by atoms with Crippen molar-refractivity contribution in [3.63, 3.8) is 0 Å². The molecule has 3 rings (SSSR count). The van der Waals surface area contributed by atoms with E-state index in [0.29, 0.717) is 31.5 Å². The van der Waals surface area contributed by atoms with E-state index in [1.165, 1.54) is 7.11 Å². The first kappa shape index (κ1) is 22.3. The summed E-state index contributed by atoms with van der Waals surface area (Å²) in [4.78, 5) is 39.7. The third-order valence-corrected chi connectivity index (χ3v) is 5.53. The van der Waals surface area contributed by atoms with Crippen LogP contribution < -0.4 is 5.32 Å². The van der Waals surface area contributed by atoms with Gasteiger partial charge in [0.25, 0.3) is 0 Å². The summed E-state index contributed by atoms with van der Waals surface area (Å²) in [6.45, 7) is 2.83. The second-order valence-corrected chi connectivity index (χ2v) is 7.66. The summed E-state index contributed by atoms with van der Waals surface area (Å²) >= 11 is 0. The normalized spacial score (nSPS) is 18.2. The minimum absolute atomic E-state index is 0.243. The van der Waals surface area contributed by atoms with Crippen LogP contribution in [0.4, 0.5) is 10.5 Å². The van der Waals surface area contributed by atoms with Crippen molar-refractivity contribution in [1.29, 1.82) is 0 Å². The van der Waals surface area contributed by atoms with E-state index in [4.69, 9.17) is 9.47 Å². The maximum Gasteiger partial charge on any atom is 0.339 e. The average molecular weight is 424 g/mol. The molecule has 0 spiro atoms. The van der Waals surface area contributed by atoms with Gasteiger partial charge in [0.05, 0.1) is 30.4 Å². The number of rotatable bonds is 6. The predicted molar refractivity (Wildman–Crippen MR) is 117 cm³/mol. The SMILES string of the molecule is CCOC(=O)C1(Cc2ccccc2)CCCN(C(=O)Nc2ccccc2C(=O)OC)C1. The van der Waals surface area contributed by atoms with E-state index >= 15 is 0 Å². The lowest BCUT2D eigenvalue weighted by Gasteiger charge is -2.41. The number of hydrogen-bond donors (Lipinski definition) is 1. The van der Waals surface area contributed by atoms with Crippen LogP contribution in [-0.2, 0) is 20.7 Å². The van der Waals surface area contributed by atoms with Gasteiger partial charge in [0.2, 0.25) is 0 Å². The summed E-state index contributed by atoms with van der Waals surface area (Å²) < 4.78 is 10.2. The highest BCUT2D eigenvalue weighted by Gasteiger charge is 2.45. The molecule has 0 bridgehead atoms. The second-order valence-electron chi connectivity index (χ2n) is 7.66. The number of carbonyl (C=O) groups is 3. The molecular formula is C24H28N2O5. The zero-order valence-electron chi connectivity index (χ0n) is 17.9. The Hall–Kier alpha value is -3.35. The van der Waals surface area contributed by atoms with Crippen LogP contribution in [0.3, 0.4) is 0 Å². The number of anilines is 1. The van der Waals surface area contributed by atoms with Crippen LogP contribution in [0.2, 0.25) is 0 Å². The molecular weight excluding hydrogens is 396 g/mol. The molecule has 1 saturated heterocycles. The summed E-state index contributed by atoms with van der Waals surface area (Å²) in [5.41, 5.74) is 0.856. The molecule has 164 valence electrons. The first-order chi connectivity index (χ1) is 15.0. The van der Waals surface area contributed by atoms with Crippen LogP contribution in [0.25, 0.3) is 0 Å². The molecule has 1 aliphatic rings. The van der Waals surface area contributed by atoms with Gasteiger partial charge in [-0.05, 0) is 43.9 Å². The number of esters is 2. The Morgan fingerprint density at radius 3 is 2.48 bits per heavy atom. The third kappa shape index (κ3) is 5.23. The number of nitrogens with one attached hydrogen (secondary N) is 1. The van der Waals surface area contributed by atoms with E-state index in [0.717, 1.165) is 5.56 Å². The highest BCUT2D eigenvalue weighted by Crippen LogP contribution is 2.35. The zero-order valence-corrected chi connectivity index (χ0v) is 17.9. The molecule has 0 aliphatic carbocycles. The maximum absolute atomic E-state index is 13.1. The minimum atomic E-state index is -0.811. The van der Waals surface area contributed by atoms with Gasteiger partial charge in [-0.1, -0.05) is 42.5 Å². The third-order valence-electron chi connectivity index (χ3n) is 5.53. The molecule has 0 aromatic heterocycles. The number of nitrogens with zero attached hydrogens (tertiary/aromatic N) is 1. The van der Waals surface area contributed by atoms with Gasteiger partial charge >= 0.3 is 18.0 Å². The molecule has 2 aromatic rings. The number of methoxy groups -OCH3 is 1. The van der Waals surface area contributed by atoms with Crippen molar-refractivity contribution in [3.8, 4) is 0 Å². The Labute approximate surface area is 182 Å². The van der Waals surface area contributed by atoms with E-state index in [-0.39, 0.29) is 30.7 Å². The molecule has 1 heterocycles. The van der Waals surface area contributed by atoms with Crippen LogP contribution in [0.15, 0.2) is 54.6 Å². The molecule has 0 saturated carbocycles. The monoisotopic (exact) mass is 424 g/mol. The van der Waals surface area contributed by atoms with Gasteiger partial charge in [-0.2, -0.15) is 0 Å². The topological polar surface area (TPSA) is 84.9 Å².